The molecule has 52 valence electrons. The van der Waals surface area contributed by atoms with Crippen LogP contribution in [0.5, 0.6) is 0 Å². The van der Waals surface area contributed by atoms with Crippen molar-refractivity contribution in [3.05, 3.63) is 36.9 Å². The molecule has 2 N–H and O–H groups in total. The van der Waals surface area contributed by atoms with Crippen LogP contribution in [0.1, 0.15) is 11.9 Å². The van der Waals surface area contributed by atoms with Crippen molar-refractivity contribution in [3.63, 3.8) is 0 Å². The SMILES string of the molecule is C=CC(N)c1ncccn1. The Morgan fingerprint density at radius 1 is 1.50 bits per heavy atom. The summed E-state index contributed by atoms with van der Waals surface area (Å²) in [6.07, 6.45) is 4.92. The van der Waals surface area contributed by atoms with E-state index in [0.717, 1.165) is 0 Å². The second-order valence-electron chi connectivity index (χ2n) is 1.87. The van der Waals surface area contributed by atoms with Crippen LogP contribution in [0.3, 0.4) is 0 Å². The van der Waals surface area contributed by atoms with Gasteiger partial charge in [-0.25, -0.2) is 9.97 Å². The Morgan fingerprint density at radius 2 is 2.10 bits per heavy atom. The smallest absolute Gasteiger partial charge is 0.148 e. The van der Waals surface area contributed by atoms with E-state index >= 15 is 0 Å². The van der Waals surface area contributed by atoms with Gasteiger partial charge >= 0.3 is 0 Å². The molecule has 0 saturated carbocycles. The molecule has 0 aliphatic heterocycles. The quantitative estimate of drug-likeness (QED) is 0.606. The van der Waals surface area contributed by atoms with Gasteiger partial charge in [0, 0.05) is 12.4 Å². The molecular weight excluding hydrogens is 126 g/mol. The molecule has 0 saturated heterocycles. The molecule has 1 rings (SSSR count). The predicted octanol–water partition coefficient (Wildman–Crippen LogP) is 0.662. The third kappa shape index (κ3) is 1.39. The molecule has 1 aromatic heterocycles. The van der Waals surface area contributed by atoms with E-state index in [0.29, 0.717) is 5.82 Å². The highest BCUT2D eigenvalue weighted by molar-refractivity contribution is 5.01. The third-order valence-electron chi connectivity index (χ3n) is 1.14. The molecule has 0 spiro atoms. The van der Waals surface area contributed by atoms with E-state index in [-0.39, 0.29) is 6.04 Å². The van der Waals surface area contributed by atoms with E-state index in [1.807, 2.05) is 0 Å². The monoisotopic (exact) mass is 135 g/mol. The van der Waals surface area contributed by atoms with E-state index in [9.17, 15) is 0 Å². The van der Waals surface area contributed by atoms with Crippen LogP contribution in [-0.4, -0.2) is 9.97 Å². The zero-order valence-corrected chi connectivity index (χ0v) is 5.57. The lowest BCUT2D eigenvalue weighted by Crippen LogP contribution is -2.09. The van der Waals surface area contributed by atoms with Gasteiger partial charge in [-0.3, -0.25) is 0 Å². The predicted molar refractivity (Wildman–Crippen MR) is 39.2 cm³/mol. The fourth-order valence-corrected chi connectivity index (χ4v) is 0.588. The minimum Gasteiger partial charge on any atom is -0.318 e. The highest BCUT2D eigenvalue weighted by Gasteiger charge is 2.00. The maximum Gasteiger partial charge on any atom is 0.148 e. The summed E-state index contributed by atoms with van der Waals surface area (Å²) in [5, 5.41) is 0. The lowest BCUT2D eigenvalue weighted by molar-refractivity contribution is 0.809. The van der Waals surface area contributed by atoms with Crippen molar-refractivity contribution >= 4 is 0 Å². The molecule has 10 heavy (non-hydrogen) atoms. The molecule has 3 nitrogen and oxygen atoms in total. The van der Waals surface area contributed by atoms with Gasteiger partial charge in [-0.2, -0.15) is 0 Å². The largest absolute Gasteiger partial charge is 0.318 e. The van der Waals surface area contributed by atoms with Crippen LogP contribution in [0.4, 0.5) is 0 Å². The van der Waals surface area contributed by atoms with Crippen LogP contribution in [-0.2, 0) is 0 Å². The summed E-state index contributed by atoms with van der Waals surface area (Å²) in [6, 6.07) is 1.50. The summed E-state index contributed by atoms with van der Waals surface area (Å²) in [5.41, 5.74) is 5.55. The van der Waals surface area contributed by atoms with E-state index in [1.165, 1.54) is 0 Å². The molecule has 1 aromatic rings. The Balaban J connectivity index is 2.84. The number of nitrogens with two attached hydrogens (primary N) is 1. The first-order valence-corrected chi connectivity index (χ1v) is 2.99. The summed E-state index contributed by atoms with van der Waals surface area (Å²) < 4.78 is 0. The maximum absolute atomic E-state index is 5.55. The van der Waals surface area contributed by atoms with E-state index in [2.05, 4.69) is 16.5 Å². The number of hydrogen-bond acceptors (Lipinski definition) is 3. The van der Waals surface area contributed by atoms with E-state index in [1.54, 1.807) is 24.5 Å². The van der Waals surface area contributed by atoms with Crippen LogP contribution >= 0.6 is 0 Å². The third-order valence-corrected chi connectivity index (χ3v) is 1.14. The van der Waals surface area contributed by atoms with Gasteiger partial charge in [0.25, 0.3) is 0 Å². The standard InChI is InChI=1S/C7H9N3/c1-2-6(8)7-9-4-3-5-10-7/h2-6H,1,8H2. The van der Waals surface area contributed by atoms with Gasteiger partial charge in [0.15, 0.2) is 0 Å². The van der Waals surface area contributed by atoms with Crippen LogP contribution in [0, 0.1) is 0 Å². The van der Waals surface area contributed by atoms with Crippen LogP contribution < -0.4 is 5.73 Å². The van der Waals surface area contributed by atoms with Gasteiger partial charge in [-0.15, -0.1) is 6.58 Å². The number of hydrogen-bond donors (Lipinski definition) is 1. The highest BCUT2D eigenvalue weighted by Crippen LogP contribution is 2.01. The molecule has 0 aromatic carbocycles. The summed E-state index contributed by atoms with van der Waals surface area (Å²) in [7, 11) is 0. The summed E-state index contributed by atoms with van der Waals surface area (Å²) in [4.78, 5) is 7.88. The fourth-order valence-electron chi connectivity index (χ4n) is 0.588. The Kier molecular flexibility index (Phi) is 2.12. The van der Waals surface area contributed by atoms with Crippen LogP contribution in [0.25, 0.3) is 0 Å². The van der Waals surface area contributed by atoms with E-state index < -0.39 is 0 Å². The Morgan fingerprint density at radius 3 is 2.60 bits per heavy atom. The zero-order chi connectivity index (χ0) is 7.40. The van der Waals surface area contributed by atoms with Crippen molar-refractivity contribution in [1.82, 2.24) is 9.97 Å². The Bertz CT molecular complexity index is 207. The number of nitrogens with zero attached hydrogens (tertiary/aromatic N) is 2. The van der Waals surface area contributed by atoms with Crippen molar-refractivity contribution in [2.45, 2.75) is 6.04 Å². The molecule has 1 heterocycles. The van der Waals surface area contributed by atoms with Crippen molar-refractivity contribution in [2.24, 2.45) is 5.73 Å². The number of aromatic nitrogens is 2. The first-order chi connectivity index (χ1) is 4.84. The average Bonchev–Trinajstić information content (AvgIpc) is 2.05. The first-order valence-electron chi connectivity index (χ1n) is 2.99. The molecule has 0 aliphatic carbocycles. The van der Waals surface area contributed by atoms with Crippen LogP contribution in [0.15, 0.2) is 31.1 Å². The highest BCUT2D eigenvalue weighted by atomic mass is 14.9. The van der Waals surface area contributed by atoms with Crippen LogP contribution in [0.2, 0.25) is 0 Å². The summed E-state index contributed by atoms with van der Waals surface area (Å²) in [5.74, 6) is 0.609. The van der Waals surface area contributed by atoms with Gasteiger partial charge in [0.2, 0.25) is 0 Å². The lowest BCUT2D eigenvalue weighted by Gasteiger charge is -2.00. The minimum atomic E-state index is -0.249. The van der Waals surface area contributed by atoms with Gasteiger partial charge < -0.3 is 5.73 Å². The van der Waals surface area contributed by atoms with Gasteiger partial charge in [0.1, 0.15) is 5.82 Å². The molecule has 0 fully saturated rings. The topological polar surface area (TPSA) is 51.8 Å². The molecule has 1 unspecified atom stereocenters. The maximum atomic E-state index is 5.55. The van der Waals surface area contributed by atoms with Crippen molar-refractivity contribution < 1.29 is 0 Å². The molecular formula is C7H9N3. The minimum absolute atomic E-state index is 0.249. The lowest BCUT2D eigenvalue weighted by atomic mass is 10.3. The average molecular weight is 135 g/mol. The van der Waals surface area contributed by atoms with Crippen molar-refractivity contribution in [1.29, 1.82) is 0 Å². The molecule has 0 aliphatic rings. The first kappa shape index (κ1) is 6.89. The van der Waals surface area contributed by atoms with Crippen molar-refractivity contribution in [3.8, 4) is 0 Å². The molecule has 0 radical (unpaired) electrons. The molecule has 0 bridgehead atoms. The van der Waals surface area contributed by atoms with Gasteiger partial charge in [-0.1, -0.05) is 6.08 Å². The van der Waals surface area contributed by atoms with Gasteiger partial charge in [-0.05, 0) is 6.07 Å². The normalized spacial score (nSPS) is 12.5. The fraction of sp³-hybridized carbons (Fsp3) is 0.143. The number of rotatable bonds is 2. The molecule has 1 atom stereocenters. The second-order valence-corrected chi connectivity index (χ2v) is 1.87. The Hall–Kier alpha value is -1.22. The second kappa shape index (κ2) is 3.08. The summed E-state index contributed by atoms with van der Waals surface area (Å²) in [6.45, 7) is 3.53. The molecule has 3 heteroatoms. The van der Waals surface area contributed by atoms with E-state index in [4.69, 9.17) is 5.73 Å². The van der Waals surface area contributed by atoms with Gasteiger partial charge in [0.05, 0.1) is 6.04 Å². The molecule has 0 amide bonds. The Labute approximate surface area is 59.6 Å². The zero-order valence-electron chi connectivity index (χ0n) is 5.57. The van der Waals surface area contributed by atoms with Crippen molar-refractivity contribution in [2.75, 3.05) is 0 Å². The summed E-state index contributed by atoms with van der Waals surface area (Å²) >= 11 is 0.